The summed E-state index contributed by atoms with van der Waals surface area (Å²) in [6, 6.07) is 15.5. The van der Waals surface area contributed by atoms with Crippen LogP contribution in [0.1, 0.15) is 28.9 Å². The van der Waals surface area contributed by atoms with Gasteiger partial charge in [-0.15, -0.1) is 0 Å². The van der Waals surface area contributed by atoms with Crippen LogP contribution in [0.4, 0.5) is 0 Å². The first-order valence-electron chi connectivity index (χ1n) is 9.33. The predicted octanol–water partition coefficient (Wildman–Crippen LogP) is 0.356. The highest BCUT2D eigenvalue weighted by molar-refractivity contribution is 5.94. The van der Waals surface area contributed by atoms with Crippen molar-refractivity contribution in [2.75, 3.05) is 6.61 Å². The van der Waals surface area contributed by atoms with Gasteiger partial charge in [0.1, 0.15) is 30.2 Å². The zero-order valence-electron chi connectivity index (χ0n) is 15.9. The van der Waals surface area contributed by atoms with Crippen molar-refractivity contribution in [2.24, 2.45) is 0 Å². The van der Waals surface area contributed by atoms with Crippen LogP contribution < -0.4 is 10.1 Å². The lowest BCUT2D eigenvalue weighted by molar-refractivity contribution is -0.277. The fraction of sp³-hybridized carbons (Fsp3) is 0.381. The summed E-state index contributed by atoms with van der Waals surface area (Å²) in [5, 5.41) is 41.8. The van der Waals surface area contributed by atoms with Crippen molar-refractivity contribution in [3.8, 4) is 5.75 Å². The molecule has 1 heterocycles. The maximum absolute atomic E-state index is 12.3. The Morgan fingerprint density at radius 1 is 1.03 bits per heavy atom. The number of aliphatic hydroxyl groups excluding tert-OH is 4. The van der Waals surface area contributed by atoms with E-state index >= 15 is 0 Å². The van der Waals surface area contributed by atoms with Gasteiger partial charge >= 0.3 is 0 Å². The largest absolute Gasteiger partial charge is 0.462 e. The number of hydrogen-bond donors (Lipinski definition) is 5. The molecule has 1 aliphatic rings. The number of carbonyl (C=O) groups excluding carboxylic acids is 1. The van der Waals surface area contributed by atoms with E-state index in [-0.39, 0.29) is 11.9 Å². The average Bonchev–Trinajstić information content (AvgIpc) is 2.75. The summed E-state index contributed by atoms with van der Waals surface area (Å²) in [4.78, 5) is 12.3. The third-order valence-corrected chi connectivity index (χ3v) is 4.86. The molecule has 0 aliphatic carbocycles. The van der Waals surface area contributed by atoms with Crippen molar-refractivity contribution in [2.45, 2.75) is 43.7 Å². The molecule has 0 radical (unpaired) electrons. The van der Waals surface area contributed by atoms with E-state index in [1.165, 1.54) is 0 Å². The number of benzene rings is 2. The van der Waals surface area contributed by atoms with Gasteiger partial charge in [0, 0.05) is 5.56 Å². The Balaban J connectivity index is 1.61. The maximum Gasteiger partial charge on any atom is 0.251 e. The zero-order valence-corrected chi connectivity index (χ0v) is 15.9. The van der Waals surface area contributed by atoms with E-state index in [4.69, 9.17) is 9.47 Å². The fourth-order valence-electron chi connectivity index (χ4n) is 3.09. The molecular weight excluding hydrogens is 378 g/mol. The molecule has 3 rings (SSSR count). The van der Waals surface area contributed by atoms with Crippen molar-refractivity contribution in [3.63, 3.8) is 0 Å². The topological polar surface area (TPSA) is 128 Å². The van der Waals surface area contributed by atoms with Gasteiger partial charge in [-0.25, -0.2) is 0 Å². The van der Waals surface area contributed by atoms with E-state index in [0.29, 0.717) is 11.3 Å². The first-order valence-corrected chi connectivity index (χ1v) is 9.33. The lowest BCUT2D eigenvalue weighted by Gasteiger charge is -2.39. The minimum absolute atomic E-state index is 0.181. The van der Waals surface area contributed by atoms with E-state index in [1.807, 2.05) is 13.0 Å². The molecule has 8 heteroatoms. The lowest BCUT2D eigenvalue weighted by Crippen LogP contribution is -2.60. The second-order valence-electron chi connectivity index (χ2n) is 6.95. The third kappa shape index (κ3) is 4.92. The number of rotatable bonds is 6. The molecular formula is C21H25NO7. The standard InChI is InChI=1S/C21H25NO7/c1-12(22-20(27)14-5-3-2-4-6-14)13-7-9-15(10-8-13)28-21-19(26)18(25)17(24)16(11-23)29-21/h2-10,12,16-19,21,23-26H,11H2,1H3,(H,22,27). The lowest BCUT2D eigenvalue weighted by atomic mass is 9.99. The summed E-state index contributed by atoms with van der Waals surface area (Å²) < 4.78 is 10.9. The Hall–Kier alpha value is -2.49. The number of hydrogen-bond acceptors (Lipinski definition) is 7. The highest BCUT2D eigenvalue weighted by Gasteiger charge is 2.44. The molecule has 0 spiro atoms. The number of amides is 1. The smallest absolute Gasteiger partial charge is 0.251 e. The molecule has 156 valence electrons. The summed E-state index contributed by atoms with van der Waals surface area (Å²) in [5.74, 6) is 0.180. The molecule has 2 aromatic carbocycles. The first-order chi connectivity index (χ1) is 13.9. The number of nitrogens with one attached hydrogen (secondary N) is 1. The van der Waals surface area contributed by atoms with E-state index in [9.17, 15) is 25.2 Å². The third-order valence-electron chi connectivity index (χ3n) is 4.86. The van der Waals surface area contributed by atoms with Crippen LogP contribution in [-0.2, 0) is 4.74 Å². The Morgan fingerprint density at radius 3 is 2.31 bits per heavy atom. The molecule has 29 heavy (non-hydrogen) atoms. The highest BCUT2D eigenvalue weighted by atomic mass is 16.7. The van der Waals surface area contributed by atoms with E-state index in [1.54, 1.807) is 48.5 Å². The van der Waals surface area contributed by atoms with Gasteiger partial charge in [-0.1, -0.05) is 30.3 Å². The van der Waals surface area contributed by atoms with Crippen molar-refractivity contribution in [1.82, 2.24) is 5.32 Å². The van der Waals surface area contributed by atoms with Gasteiger partial charge in [0.2, 0.25) is 6.29 Å². The van der Waals surface area contributed by atoms with Crippen LogP contribution in [0.3, 0.4) is 0 Å². The van der Waals surface area contributed by atoms with Crippen molar-refractivity contribution < 1.29 is 34.7 Å². The van der Waals surface area contributed by atoms with Gasteiger partial charge in [0.25, 0.3) is 5.91 Å². The summed E-state index contributed by atoms with van der Waals surface area (Å²) in [6.07, 6.45) is -6.70. The number of ether oxygens (including phenoxy) is 2. The minimum atomic E-state index is -1.50. The molecule has 8 nitrogen and oxygen atoms in total. The summed E-state index contributed by atoms with van der Waals surface area (Å²) in [5.41, 5.74) is 1.41. The van der Waals surface area contributed by atoms with Crippen molar-refractivity contribution >= 4 is 5.91 Å². The van der Waals surface area contributed by atoms with Crippen molar-refractivity contribution in [1.29, 1.82) is 0 Å². The second-order valence-corrected chi connectivity index (χ2v) is 6.95. The van der Waals surface area contributed by atoms with Gasteiger partial charge in [-0.3, -0.25) is 4.79 Å². The van der Waals surface area contributed by atoms with Crippen LogP contribution in [-0.4, -0.2) is 63.6 Å². The Bertz CT molecular complexity index is 796. The second kappa shape index (κ2) is 9.34. The summed E-state index contributed by atoms with van der Waals surface area (Å²) in [6.45, 7) is 1.33. The molecule has 1 amide bonds. The first kappa shape index (κ1) is 21.2. The van der Waals surface area contributed by atoms with Crippen molar-refractivity contribution in [3.05, 3.63) is 65.7 Å². The van der Waals surface area contributed by atoms with Crippen LogP contribution in [0.25, 0.3) is 0 Å². The molecule has 1 fully saturated rings. The molecule has 0 bridgehead atoms. The average molecular weight is 403 g/mol. The molecule has 1 saturated heterocycles. The van der Waals surface area contributed by atoms with Gasteiger partial charge in [0.05, 0.1) is 12.6 Å². The minimum Gasteiger partial charge on any atom is -0.462 e. The Morgan fingerprint density at radius 2 is 1.69 bits per heavy atom. The zero-order chi connectivity index (χ0) is 21.0. The highest BCUT2D eigenvalue weighted by Crippen LogP contribution is 2.25. The van der Waals surface area contributed by atoms with Gasteiger partial charge in [0.15, 0.2) is 0 Å². The molecule has 0 aromatic heterocycles. The number of aliphatic hydroxyl groups is 4. The van der Waals surface area contributed by atoms with Crippen LogP contribution in [0.5, 0.6) is 5.75 Å². The predicted molar refractivity (Wildman–Crippen MR) is 103 cm³/mol. The maximum atomic E-state index is 12.3. The molecule has 0 saturated carbocycles. The van der Waals surface area contributed by atoms with E-state index < -0.39 is 37.3 Å². The molecule has 6 atom stereocenters. The molecule has 2 aromatic rings. The molecule has 5 N–H and O–H groups in total. The SMILES string of the molecule is CC(NC(=O)c1ccccc1)c1ccc(OC2OC(CO)C(O)C(O)C2O)cc1. The van der Waals surface area contributed by atoms with Gasteiger partial charge < -0.3 is 35.2 Å². The normalized spacial score (nSPS) is 27.8. The number of carbonyl (C=O) groups is 1. The van der Waals surface area contributed by atoms with E-state index in [0.717, 1.165) is 5.56 Å². The summed E-state index contributed by atoms with van der Waals surface area (Å²) >= 11 is 0. The Kier molecular flexibility index (Phi) is 6.83. The summed E-state index contributed by atoms with van der Waals surface area (Å²) in [7, 11) is 0. The molecule has 6 unspecified atom stereocenters. The fourth-order valence-corrected chi connectivity index (χ4v) is 3.09. The van der Waals surface area contributed by atoms with Gasteiger partial charge in [-0.2, -0.15) is 0 Å². The molecule has 1 aliphatic heterocycles. The Labute approximate surface area is 168 Å². The van der Waals surface area contributed by atoms with E-state index in [2.05, 4.69) is 5.32 Å². The van der Waals surface area contributed by atoms with Crippen LogP contribution >= 0.6 is 0 Å². The van der Waals surface area contributed by atoms with Crippen LogP contribution in [0.15, 0.2) is 54.6 Å². The van der Waals surface area contributed by atoms with Crippen LogP contribution in [0.2, 0.25) is 0 Å². The van der Waals surface area contributed by atoms with Crippen LogP contribution in [0, 0.1) is 0 Å². The monoisotopic (exact) mass is 403 g/mol. The quantitative estimate of drug-likeness (QED) is 0.471. The van der Waals surface area contributed by atoms with Gasteiger partial charge in [-0.05, 0) is 36.8 Å².